The van der Waals surface area contributed by atoms with Gasteiger partial charge in [0.2, 0.25) is 0 Å². The van der Waals surface area contributed by atoms with Gasteiger partial charge >= 0.3 is 0 Å². The summed E-state index contributed by atoms with van der Waals surface area (Å²) in [6.45, 7) is 3.43. The monoisotopic (exact) mass is 284 g/mol. The molecule has 1 aromatic heterocycles. The Kier molecular flexibility index (Phi) is 3.40. The van der Waals surface area contributed by atoms with E-state index in [1.807, 2.05) is 19.1 Å². The van der Waals surface area contributed by atoms with Crippen LogP contribution < -0.4 is 5.56 Å². The lowest BCUT2D eigenvalue weighted by atomic mass is 10.0. The summed E-state index contributed by atoms with van der Waals surface area (Å²) >= 11 is 0. The molecule has 1 aliphatic carbocycles. The number of nitrogens with zero attached hydrogens (tertiary/aromatic N) is 2. The number of aromatic nitrogens is 2. The largest absolute Gasteiger partial charge is 0.299 e. The molecule has 0 atom stereocenters. The summed E-state index contributed by atoms with van der Waals surface area (Å²) in [4.78, 5) is 29.3. The standard InChI is InChI=1S/C17H20N2O2/c1-10-8-13(11(2)20)15-14(9-10)17(21)19(3)16(18-15)12-6-4-5-7-12/h8-9,12H,4-7H2,1-3H3. The van der Waals surface area contributed by atoms with Gasteiger partial charge in [0.05, 0.1) is 10.9 Å². The molecule has 21 heavy (non-hydrogen) atoms. The average Bonchev–Trinajstić information content (AvgIpc) is 2.96. The highest BCUT2D eigenvalue weighted by Gasteiger charge is 2.23. The van der Waals surface area contributed by atoms with E-state index in [0.717, 1.165) is 24.2 Å². The molecule has 0 N–H and O–H groups in total. The van der Waals surface area contributed by atoms with Crippen LogP contribution in [0.3, 0.4) is 0 Å². The fourth-order valence-corrected chi connectivity index (χ4v) is 3.35. The number of fused-ring (bicyclic) bond motifs is 1. The van der Waals surface area contributed by atoms with E-state index in [4.69, 9.17) is 4.98 Å². The number of Topliss-reactive ketones (excluding diaryl/α,β-unsaturated/α-hetero) is 1. The van der Waals surface area contributed by atoms with E-state index < -0.39 is 0 Å². The van der Waals surface area contributed by atoms with E-state index in [0.29, 0.717) is 22.4 Å². The molecule has 110 valence electrons. The molecule has 1 fully saturated rings. The van der Waals surface area contributed by atoms with Crippen molar-refractivity contribution < 1.29 is 4.79 Å². The van der Waals surface area contributed by atoms with Crippen molar-refractivity contribution in [1.82, 2.24) is 9.55 Å². The van der Waals surface area contributed by atoms with Crippen LogP contribution in [0, 0.1) is 6.92 Å². The predicted octanol–water partition coefficient (Wildman–Crippen LogP) is 3.10. The molecule has 0 saturated heterocycles. The number of ketones is 1. The van der Waals surface area contributed by atoms with Crippen molar-refractivity contribution in [2.75, 3.05) is 0 Å². The number of carbonyl (C=O) groups is 1. The third kappa shape index (κ3) is 2.28. The van der Waals surface area contributed by atoms with Crippen molar-refractivity contribution in [3.8, 4) is 0 Å². The summed E-state index contributed by atoms with van der Waals surface area (Å²) in [5.41, 5.74) is 1.99. The summed E-state index contributed by atoms with van der Waals surface area (Å²) in [5, 5.41) is 0.546. The molecule has 0 bridgehead atoms. The normalized spacial score (nSPS) is 15.8. The molecule has 2 aromatic rings. The van der Waals surface area contributed by atoms with Gasteiger partial charge in [-0.3, -0.25) is 14.2 Å². The van der Waals surface area contributed by atoms with Crippen LogP contribution in [-0.4, -0.2) is 15.3 Å². The number of rotatable bonds is 2. The lowest BCUT2D eigenvalue weighted by Crippen LogP contribution is -2.24. The van der Waals surface area contributed by atoms with Gasteiger partial charge in [0, 0.05) is 18.5 Å². The Bertz CT molecular complexity index is 783. The minimum atomic E-state index is -0.0481. The van der Waals surface area contributed by atoms with Gasteiger partial charge in [-0.25, -0.2) is 4.98 Å². The summed E-state index contributed by atoms with van der Waals surface area (Å²) in [6.07, 6.45) is 4.53. The number of benzene rings is 1. The SMILES string of the molecule is CC(=O)c1cc(C)cc2c(=O)n(C)c(C3CCCC3)nc12. The fourth-order valence-electron chi connectivity index (χ4n) is 3.35. The van der Waals surface area contributed by atoms with E-state index in [9.17, 15) is 9.59 Å². The molecule has 0 aliphatic heterocycles. The minimum absolute atomic E-state index is 0.0400. The second-order valence-electron chi connectivity index (χ2n) is 6.08. The molecular weight excluding hydrogens is 264 g/mol. The maximum Gasteiger partial charge on any atom is 0.261 e. The van der Waals surface area contributed by atoms with Gasteiger partial charge in [-0.1, -0.05) is 12.8 Å². The minimum Gasteiger partial charge on any atom is -0.299 e. The number of carbonyl (C=O) groups excluding carboxylic acids is 1. The maximum atomic E-state index is 12.6. The molecule has 0 amide bonds. The first-order chi connectivity index (χ1) is 9.99. The predicted molar refractivity (Wildman–Crippen MR) is 82.9 cm³/mol. The Morgan fingerprint density at radius 2 is 1.95 bits per heavy atom. The third-order valence-corrected chi connectivity index (χ3v) is 4.46. The van der Waals surface area contributed by atoms with Crippen molar-refractivity contribution in [3.05, 3.63) is 39.4 Å². The number of hydrogen-bond acceptors (Lipinski definition) is 3. The first-order valence-electron chi connectivity index (χ1n) is 7.51. The highest BCUT2D eigenvalue weighted by atomic mass is 16.1. The number of hydrogen-bond donors (Lipinski definition) is 0. The Hall–Kier alpha value is -1.97. The van der Waals surface area contributed by atoms with Crippen LogP contribution in [0.5, 0.6) is 0 Å². The molecule has 3 rings (SSSR count). The fraction of sp³-hybridized carbons (Fsp3) is 0.471. The molecule has 0 spiro atoms. The van der Waals surface area contributed by atoms with Gasteiger partial charge in [-0.2, -0.15) is 0 Å². The molecule has 1 saturated carbocycles. The van der Waals surface area contributed by atoms with Crippen LogP contribution in [0.1, 0.15) is 60.3 Å². The van der Waals surface area contributed by atoms with E-state index in [1.165, 1.54) is 19.8 Å². The lowest BCUT2D eigenvalue weighted by Gasteiger charge is -2.15. The van der Waals surface area contributed by atoms with Crippen molar-refractivity contribution in [3.63, 3.8) is 0 Å². The van der Waals surface area contributed by atoms with Crippen LogP contribution in [0.25, 0.3) is 10.9 Å². The molecule has 0 radical (unpaired) electrons. The van der Waals surface area contributed by atoms with E-state index in [1.54, 1.807) is 11.6 Å². The van der Waals surface area contributed by atoms with E-state index >= 15 is 0 Å². The smallest absolute Gasteiger partial charge is 0.261 e. The van der Waals surface area contributed by atoms with E-state index in [-0.39, 0.29) is 11.3 Å². The van der Waals surface area contributed by atoms with E-state index in [2.05, 4.69) is 0 Å². The average molecular weight is 284 g/mol. The van der Waals surface area contributed by atoms with Crippen LogP contribution in [-0.2, 0) is 7.05 Å². The molecule has 4 nitrogen and oxygen atoms in total. The van der Waals surface area contributed by atoms with Gasteiger partial charge in [-0.05, 0) is 44.4 Å². The Balaban J connectivity index is 2.35. The molecule has 1 heterocycles. The van der Waals surface area contributed by atoms with Gasteiger partial charge < -0.3 is 0 Å². The first kappa shape index (κ1) is 14.0. The van der Waals surface area contributed by atoms with Crippen LogP contribution in [0.4, 0.5) is 0 Å². The molecule has 4 heteroatoms. The van der Waals surface area contributed by atoms with Gasteiger partial charge in [-0.15, -0.1) is 0 Å². The highest BCUT2D eigenvalue weighted by Crippen LogP contribution is 2.33. The zero-order chi connectivity index (χ0) is 15.1. The Labute approximate surface area is 123 Å². The first-order valence-corrected chi connectivity index (χ1v) is 7.51. The second-order valence-corrected chi connectivity index (χ2v) is 6.08. The summed E-state index contributed by atoms with van der Waals surface area (Å²) in [7, 11) is 1.79. The van der Waals surface area contributed by atoms with Crippen LogP contribution in [0.2, 0.25) is 0 Å². The second kappa shape index (κ2) is 5.10. The van der Waals surface area contributed by atoms with Crippen LogP contribution in [0.15, 0.2) is 16.9 Å². The molecular formula is C17H20N2O2. The topological polar surface area (TPSA) is 52.0 Å². The van der Waals surface area contributed by atoms with Crippen molar-refractivity contribution >= 4 is 16.7 Å². The van der Waals surface area contributed by atoms with Crippen molar-refractivity contribution in [1.29, 1.82) is 0 Å². The van der Waals surface area contributed by atoms with Gasteiger partial charge in [0.1, 0.15) is 5.82 Å². The third-order valence-electron chi connectivity index (χ3n) is 4.46. The quantitative estimate of drug-likeness (QED) is 0.796. The van der Waals surface area contributed by atoms with Crippen LogP contribution >= 0.6 is 0 Å². The summed E-state index contributed by atoms with van der Waals surface area (Å²) in [6, 6.07) is 3.66. The highest BCUT2D eigenvalue weighted by molar-refractivity contribution is 6.05. The van der Waals surface area contributed by atoms with Gasteiger partial charge in [0.15, 0.2) is 5.78 Å². The zero-order valence-corrected chi connectivity index (χ0v) is 12.8. The van der Waals surface area contributed by atoms with Gasteiger partial charge in [0.25, 0.3) is 5.56 Å². The lowest BCUT2D eigenvalue weighted by molar-refractivity contribution is 0.101. The Morgan fingerprint density at radius 1 is 1.29 bits per heavy atom. The molecule has 1 aliphatic rings. The maximum absolute atomic E-state index is 12.6. The molecule has 1 aromatic carbocycles. The van der Waals surface area contributed by atoms with Crippen molar-refractivity contribution in [2.24, 2.45) is 7.05 Å². The Morgan fingerprint density at radius 3 is 2.57 bits per heavy atom. The van der Waals surface area contributed by atoms with Crippen molar-refractivity contribution in [2.45, 2.75) is 45.4 Å². The number of aryl methyl sites for hydroxylation is 1. The summed E-state index contributed by atoms with van der Waals surface area (Å²) < 4.78 is 1.67. The molecule has 0 unspecified atom stereocenters. The zero-order valence-electron chi connectivity index (χ0n) is 12.8. The summed E-state index contributed by atoms with van der Waals surface area (Å²) in [5.74, 6) is 1.13.